The van der Waals surface area contributed by atoms with Crippen LogP contribution < -0.4 is 0 Å². The number of benzene rings is 1. The molecule has 164 valence electrons. The van der Waals surface area contributed by atoms with Crippen LogP contribution in [0.1, 0.15) is 31.2 Å². The number of carboxylic acid groups (broad SMARTS) is 1. The normalized spacial score (nSPS) is 23.0. The third-order valence-electron chi connectivity index (χ3n) is 6.66. The van der Waals surface area contributed by atoms with E-state index >= 15 is 0 Å². The molecule has 0 unspecified atom stereocenters. The van der Waals surface area contributed by atoms with Crippen molar-refractivity contribution in [3.8, 4) is 0 Å². The molecular weight excluding hydrogens is 398 g/mol. The van der Waals surface area contributed by atoms with Crippen molar-refractivity contribution in [3.05, 3.63) is 48.6 Å². The summed E-state index contributed by atoms with van der Waals surface area (Å²) in [7, 11) is 0. The highest BCUT2D eigenvalue weighted by Crippen LogP contribution is 2.46. The number of hydrogen-bond acceptors (Lipinski definition) is 4. The van der Waals surface area contributed by atoms with Gasteiger partial charge < -0.3 is 19.8 Å². The molecule has 0 radical (unpaired) electrons. The van der Waals surface area contributed by atoms with Crippen LogP contribution >= 0.6 is 0 Å². The van der Waals surface area contributed by atoms with Crippen molar-refractivity contribution in [2.75, 3.05) is 19.6 Å². The molecule has 0 aromatic heterocycles. The van der Waals surface area contributed by atoms with Gasteiger partial charge in [-0.05, 0) is 37.3 Å². The maximum absolute atomic E-state index is 13.6. The minimum absolute atomic E-state index is 0.227. The Balaban J connectivity index is 1.64. The molecule has 2 heterocycles. The summed E-state index contributed by atoms with van der Waals surface area (Å²) in [5.74, 6) is -1.85. The SMILES string of the molecule is C=CC(=O)N1CCN([C@@H](Cc2ccccc2)C(=O)N2CCC[C@@H]2C(=O)O)C(=O)C12CC2. The number of aliphatic carboxylic acids is 1. The summed E-state index contributed by atoms with van der Waals surface area (Å²) in [6.45, 7) is 4.47. The zero-order valence-electron chi connectivity index (χ0n) is 17.4. The Labute approximate surface area is 181 Å². The summed E-state index contributed by atoms with van der Waals surface area (Å²) in [4.78, 5) is 55.6. The lowest BCUT2D eigenvalue weighted by Crippen LogP contribution is -2.65. The van der Waals surface area contributed by atoms with E-state index in [0.717, 1.165) is 5.56 Å². The fraction of sp³-hybridized carbons (Fsp3) is 0.478. The van der Waals surface area contributed by atoms with Crippen molar-refractivity contribution < 1.29 is 24.3 Å². The molecule has 4 rings (SSSR count). The second-order valence-electron chi connectivity index (χ2n) is 8.46. The second kappa shape index (κ2) is 8.17. The number of carboxylic acids is 1. The van der Waals surface area contributed by atoms with Crippen molar-refractivity contribution in [2.45, 2.75) is 49.7 Å². The largest absolute Gasteiger partial charge is 0.480 e. The molecule has 1 aromatic rings. The van der Waals surface area contributed by atoms with Crippen LogP contribution in [0.25, 0.3) is 0 Å². The molecule has 3 amide bonds. The molecule has 31 heavy (non-hydrogen) atoms. The monoisotopic (exact) mass is 425 g/mol. The lowest BCUT2D eigenvalue weighted by molar-refractivity contribution is -0.160. The molecule has 1 aliphatic carbocycles. The predicted octanol–water partition coefficient (Wildman–Crippen LogP) is 1.06. The highest BCUT2D eigenvalue weighted by atomic mass is 16.4. The Morgan fingerprint density at radius 3 is 2.48 bits per heavy atom. The van der Waals surface area contributed by atoms with Crippen molar-refractivity contribution in [1.29, 1.82) is 0 Å². The molecule has 1 aromatic carbocycles. The van der Waals surface area contributed by atoms with E-state index in [2.05, 4.69) is 6.58 Å². The van der Waals surface area contributed by atoms with Crippen LogP contribution in [-0.4, -0.2) is 80.8 Å². The van der Waals surface area contributed by atoms with Crippen LogP contribution in [0, 0.1) is 0 Å². The Morgan fingerprint density at radius 2 is 1.87 bits per heavy atom. The van der Waals surface area contributed by atoms with E-state index in [-0.39, 0.29) is 24.3 Å². The first-order valence-corrected chi connectivity index (χ1v) is 10.7. The fourth-order valence-corrected chi connectivity index (χ4v) is 4.88. The van der Waals surface area contributed by atoms with Gasteiger partial charge in [-0.3, -0.25) is 14.4 Å². The minimum Gasteiger partial charge on any atom is -0.480 e. The number of rotatable bonds is 6. The molecule has 1 spiro atoms. The third kappa shape index (κ3) is 3.71. The summed E-state index contributed by atoms with van der Waals surface area (Å²) in [6, 6.07) is 7.76. The summed E-state index contributed by atoms with van der Waals surface area (Å²) < 4.78 is 0. The van der Waals surface area contributed by atoms with Crippen molar-refractivity contribution in [3.63, 3.8) is 0 Å². The van der Waals surface area contributed by atoms with Gasteiger partial charge in [0.2, 0.25) is 17.7 Å². The number of likely N-dealkylation sites (tertiary alicyclic amines) is 1. The van der Waals surface area contributed by atoms with Gasteiger partial charge in [0.05, 0.1) is 0 Å². The van der Waals surface area contributed by atoms with Crippen molar-refractivity contribution >= 4 is 23.7 Å². The van der Waals surface area contributed by atoms with Gasteiger partial charge in [-0.2, -0.15) is 0 Å². The third-order valence-corrected chi connectivity index (χ3v) is 6.66. The van der Waals surface area contributed by atoms with Gasteiger partial charge in [0.1, 0.15) is 17.6 Å². The number of hydrogen-bond donors (Lipinski definition) is 1. The van der Waals surface area contributed by atoms with Gasteiger partial charge in [-0.25, -0.2) is 4.79 Å². The molecule has 2 saturated heterocycles. The average Bonchev–Trinajstić information content (AvgIpc) is 3.39. The van der Waals surface area contributed by atoms with Crippen LogP contribution in [0.4, 0.5) is 0 Å². The first kappa shape index (κ1) is 21.1. The van der Waals surface area contributed by atoms with Crippen LogP contribution in [0.5, 0.6) is 0 Å². The van der Waals surface area contributed by atoms with Gasteiger partial charge in [0, 0.05) is 26.1 Å². The van der Waals surface area contributed by atoms with Crippen LogP contribution in [0.15, 0.2) is 43.0 Å². The fourth-order valence-electron chi connectivity index (χ4n) is 4.88. The van der Waals surface area contributed by atoms with E-state index in [9.17, 15) is 24.3 Å². The molecule has 8 nitrogen and oxygen atoms in total. The summed E-state index contributed by atoms with van der Waals surface area (Å²) in [6.07, 6.45) is 3.70. The topological polar surface area (TPSA) is 98.2 Å². The van der Waals surface area contributed by atoms with Crippen molar-refractivity contribution in [2.24, 2.45) is 0 Å². The molecule has 8 heteroatoms. The summed E-state index contributed by atoms with van der Waals surface area (Å²) in [5.41, 5.74) is 0.00447. The second-order valence-corrected chi connectivity index (χ2v) is 8.46. The van der Waals surface area contributed by atoms with E-state index < -0.39 is 23.6 Å². The van der Waals surface area contributed by atoms with Gasteiger partial charge in [0.25, 0.3) is 0 Å². The maximum Gasteiger partial charge on any atom is 0.326 e. The van der Waals surface area contributed by atoms with Crippen LogP contribution in [0.3, 0.4) is 0 Å². The van der Waals surface area contributed by atoms with Gasteiger partial charge in [0.15, 0.2) is 0 Å². The van der Waals surface area contributed by atoms with E-state index in [1.807, 2.05) is 30.3 Å². The average molecular weight is 425 g/mol. The predicted molar refractivity (Wildman–Crippen MR) is 112 cm³/mol. The molecule has 3 aliphatic rings. The number of carbonyl (C=O) groups is 4. The zero-order chi connectivity index (χ0) is 22.2. The lowest BCUT2D eigenvalue weighted by atomic mass is 9.99. The summed E-state index contributed by atoms with van der Waals surface area (Å²) in [5, 5.41) is 9.55. The van der Waals surface area contributed by atoms with Crippen LogP contribution in [-0.2, 0) is 25.6 Å². The molecule has 0 bridgehead atoms. The number of carbonyl (C=O) groups excluding carboxylic acids is 3. The zero-order valence-corrected chi connectivity index (χ0v) is 17.4. The maximum atomic E-state index is 13.6. The minimum atomic E-state index is -1.02. The quantitative estimate of drug-likeness (QED) is 0.688. The Bertz CT molecular complexity index is 911. The highest BCUT2D eigenvalue weighted by Gasteiger charge is 2.61. The number of amides is 3. The highest BCUT2D eigenvalue weighted by molar-refractivity contribution is 6.00. The Morgan fingerprint density at radius 1 is 1.16 bits per heavy atom. The Kier molecular flexibility index (Phi) is 5.56. The van der Waals surface area contributed by atoms with E-state index in [0.29, 0.717) is 45.2 Å². The molecule has 1 saturated carbocycles. The Hall–Kier alpha value is -3.16. The van der Waals surface area contributed by atoms with Gasteiger partial charge >= 0.3 is 5.97 Å². The van der Waals surface area contributed by atoms with Gasteiger partial charge in [-0.15, -0.1) is 0 Å². The lowest BCUT2D eigenvalue weighted by Gasteiger charge is -2.44. The van der Waals surface area contributed by atoms with E-state index in [4.69, 9.17) is 0 Å². The first-order valence-electron chi connectivity index (χ1n) is 10.7. The summed E-state index contributed by atoms with van der Waals surface area (Å²) >= 11 is 0. The molecule has 3 fully saturated rings. The molecular formula is C23H27N3O5. The number of piperazine rings is 1. The molecule has 2 atom stereocenters. The molecule has 2 aliphatic heterocycles. The first-order chi connectivity index (χ1) is 14.9. The van der Waals surface area contributed by atoms with Crippen molar-refractivity contribution in [1.82, 2.24) is 14.7 Å². The molecule has 1 N–H and O–H groups in total. The number of nitrogens with zero attached hydrogens (tertiary/aromatic N) is 3. The van der Waals surface area contributed by atoms with E-state index in [1.165, 1.54) is 11.0 Å². The van der Waals surface area contributed by atoms with Crippen LogP contribution in [0.2, 0.25) is 0 Å². The smallest absolute Gasteiger partial charge is 0.326 e. The van der Waals surface area contributed by atoms with Gasteiger partial charge in [-0.1, -0.05) is 36.9 Å². The standard InChI is InChI=1S/C23H27N3O5/c1-2-19(27)26-14-13-25(22(31)23(26)10-11-23)18(15-16-7-4-3-5-8-16)20(28)24-12-6-9-17(24)21(29)30/h2-5,7-8,17-18H,1,6,9-15H2,(H,29,30)/t17-,18+/m1/s1. The van der Waals surface area contributed by atoms with E-state index in [1.54, 1.807) is 9.80 Å².